The highest BCUT2D eigenvalue weighted by Crippen LogP contribution is 2.24. The van der Waals surface area contributed by atoms with Crippen LogP contribution in [0.2, 0.25) is 0 Å². The van der Waals surface area contributed by atoms with Gasteiger partial charge in [0.15, 0.2) is 0 Å². The summed E-state index contributed by atoms with van der Waals surface area (Å²) in [6.45, 7) is 1.14. The summed E-state index contributed by atoms with van der Waals surface area (Å²) in [7, 11) is -2.02. The second-order valence-electron chi connectivity index (χ2n) is 5.14. The molecule has 1 aliphatic heterocycles. The van der Waals surface area contributed by atoms with Gasteiger partial charge in [0.2, 0.25) is 10.0 Å². The van der Waals surface area contributed by atoms with Crippen molar-refractivity contribution in [2.75, 3.05) is 25.9 Å². The van der Waals surface area contributed by atoms with Crippen molar-refractivity contribution in [2.24, 2.45) is 0 Å². The summed E-state index contributed by atoms with van der Waals surface area (Å²) in [5, 5.41) is 9.17. The second-order valence-corrected chi connectivity index (χ2v) is 6.98. The Kier molecular flexibility index (Phi) is 5.40. The van der Waals surface area contributed by atoms with E-state index >= 15 is 0 Å². The molecule has 0 aromatic heterocycles. The van der Waals surface area contributed by atoms with Gasteiger partial charge in [-0.1, -0.05) is 0 Å². The number of nitrogens with one attached hydrogen (secondary N) is 1. The van der Waals surface area contributed by atoms with Crippen molar-refractivity contribution in [3.05, 3.63) is 0 Å². The SMILES string of the molecule is CN1CCC(C#N)(NS(=O)(=O)CCCC(F)(F)F)CC1. The Balaban J connectivity index is 2.58. The number of likely N-dealkylation sites (tertiary alicyclic amines) is 1. The van der Waals surface area contributed by atoms with Crippen molar-refractivity contribution in [1.82, 2.24) is 9.62 Å². The average molecular weight is 313 g/mol. The van der Waals surface area contributed by atoms with Crippen LogP contribution >= 0.6 is 0 Å². The number of halogens is 3. The molecule has 9 heteroatoms. The van der Waals surface area contributed by atoms with Crippen molar-refractivity contribution in [3.8, 4) is 6.07 Å². The molecular weight excluding hydrogens is 295 g/mol. The lowest BCUT2D eigenvalue weighted by molar-refractivity contribution is -0.134. The topological polar surface area (TPSA) is 73.2 Å². The lowest BCUT2D eigenvalue weighted by atomic mass is 9.91. The van der Waals surface area contributed by atoms with Crippen molar-refractivity contribution in [2.45, 2.75) is 37.4 Å². The standard InChI is InChI=1S/C11H18F3N3O2S/c1-17-6-4-10(9-15,5-7-17)16-20(18,19)8-2-3-11(12,13)14/h16H,2-8H2,1H3. The number of nitrogens with zero attached hydrogens (tertiary/aromatic N) is 2. The molecule has 1 saturated heterocycles. The van der Waals surface area contributed by atoms with Crippen LogP contribution in [0.25, 0.3) is 0 Å². The van der Waals surface area contributed by atoms with Gasteiger partial charge in [0, 0.05) is 19.5 Å². The Morgan fingerprint density at radius 3 is 2.35 bits per heavy atom. The molecule has 0 radical (unpaired) electrons. The van der Waals surface area contributed by atoms with Crippen LogP contribution in [-0.2, 0) is 10.0 Å². The molecule has 0 bridgehead atoms. The molecule has 0 aliphatic carbocycles. The van der Waals surface area contributed by atoms with Crippen LogP contribution in [0.3, 0.4) is 0 Å². The number of rotatable bonds is 5. The maximum absolute atomic E-state index is 12.0. The van der Waals surface area contributed by atoms with E-state index in [0.717, 1.165) is 0 Å². The average Bonchev–Trinajstić information content (AvgIpc) is 2.30. The number of sulfonamides is 1. The molecular formula is C11H18F3N3O2S. The molecule has 116 valence electrons. The van der Waals surface area contributed by atoms with Gasteiger partial charge >= 0.3 is 6.18 Å². The number of hydrogen-bond donors (Lipinski definition) is 1. The predicted octanol–water partition coefficient (Wildman–Crippen LogP) is 1.24. The fourth-order valence-corrected chi connectivity index (χ4v) is 3.52. The molecule has 0 spiro atoms. The van der Waals surface area contributed by atoms with E-state index in [9.17, 15) is 26.9 Å². The lowest BCUT2D eigenvalue weighted by Gasteiger charge is -2.35. The van der Waals surface area contributed by atoms with E-state index in [1.165, 1.54) is 0 Å². The van der Waals surface area contributed by atoms with Crippen LogP contribution in [-0.4, -0.2) is 50.9 Å². The molecule has 0 saturated carbocycles. The smallest absolute Gasteiger partial charge is 0.306 e. The maximum Gasteiger partial charge on any atom is 0.389 e. The molecule has 0 unspecified atom stereocenters. The first kappa shape index (κ1) is 17.2. The Labute approximate surface area is 116 Å². The number of nitriles is 1. The summed E-state index contributed by atoms with van der Waals surface area (Å²) in [6.07, 6.45) is -5.34. The highest BCUT2D eigenvalue weighted by atomic mass is 32.2. The van der Waals surface area contributed by atoms with Gasteiger partial charge in [0.05, 0.1) is 11.8 Å². The zero-order chi connectivity index (χ0) is 15.4. The molecule has 20 heavy (non-hydrogen) atoms. The molecule has 0 aromatic rings. The molecule has 0 atom stereocenters. The minimum Gasteiger partial charge on any atom is -0.306 e. The Hall–Kier alpha value is -0.850. The summed E-state index contributed by atoms with van der Waals surface area (Å²) in [4.78, 5) is 1.97. The van der Waals surface area contributed by atoms with Gasteiger partial charge in [-0.3, -0.25) is 0 Å². The fraction of sp³-hybridized carbons (Fsp3) is 0.909. The minimum absolute atomic E-state index is 0.332. The molecule has 5 nitrogen and oxygen atoms in total. The molecule has 1 fully saturated rings. The van der Waals surface area contributed by atoms with E-state index in [2.05, 4.69) is 4.72 Å². The highest BCUT2D eigenvalue weighted by molar-refractivity contribution is 7.89. The van der Waals surface area contributed by atoms with Gasteiger partial charge in [-0.25, -0.2) is 8.42 Å². The Morgan fingerprint density at radius 1 is 1.35 bits per heavy atom. The van der Waals surface area contributed by atoms with Crippen LogP contribution in [0, 0.1) is 11.3 Å². The third kappa shape index (κ3) is 5.64. The number of hydrogen-bond acceptors (Lipinski definition) is 4. The van der Waals surface area contributed by atoms with Gasteiger partial charge in [-0.2, -0.15) is 23.2 Å². The predicted molar refractivity (Wildman–Crippen MR) is 67.3 cm³/mol. The van der Waals surface area contributed by atoms with Gasteiger partial charge in [-0.05, 0) is 26.3 Å². The summed E-state index contributed by atoms with van der Waals surface area (Å²) < 4.78 is 61.9. The van der Waals surface area contributed by atoms with Crippen LogP contribution in [0.1, 0.15) is 25.7 Å². The van der Waals surface area contributed by atoms with Crippen LogP contribution in [0.5, 0.6) is 0 Å². The van der Waals surface area contributed by atoms with Gasteiger partial charge in [-0.15, -0.1) is 0 Å². The van der Waals surface area contributed by atoms with Crippen LogP contribution < -0.4 is 4.72 Å². The summed E-state index contributed by atoms with van der Waals surface area (Å²) >= 11 is 0. The Bertz CT molecular complexity index is 462. The molecule has 1 aliphatic rings. The second kappa shape index (κ2) is 6.28. The van der Waals surface area contributed by atoms with E-state index < -0.39 is 40.3 Å². The molecule has 1 rings (SSSR count). The minimum atomic E-state index is -4.37. The van der Waals surface area contributed by atoms with Crippen LogP contribution in [0.4, 0.5) is 13.2 Å². The third-order valence-electron chi connectivity index (χ3n) is 3.28. The van der Waals surface area contributed by atoms with Crippen molar-refractivity contribution >= 4 is 10.0 Å². The maximum atomic E-state index is 12.0. The van der Waals surface area contributed by atoms with E-state index in [4.69, 9.17) is 0 Å². The largest absolute Gasteiger partial charge is 0.389 e. The fourth-order valence-electron chi connectivity index (χ4n) is 2.05. The normalized spacial score (nSPS) is 20.6. The van der Waals surface area contributed by atoms with Gasteiger partial charge in [0.1, 0.15) is 5.54 Å². The lowest BCUT2D eigenvalue weighted by Crippen LogP contribution is -2.54. The zero-order valence-electron chi connectivity index (χ0n) is 11.2. The van der Waals surface area contributed by atoms with Crippen molar-refractivity contribution < 1.29 is 21.6 Å². The summed E-state index contributed by atoms with van der Waals surface area (Å²) in [5.74, 6) is -0.619. The quantitative estimate of drug-likeness (QED) is 0.829. The van der Waals surface area contributed by atoms with Crippen LogP contribution in [0.15, 0.2) is 0 Å². The van der Waals surface area contributed by atoms with Gasteiger partial charge in [0.25, 0.3) is 0 Å². The first-order valence-corrected chi connectivity index (χ1v) is 7.91. The number of piperidine rings is 1. The molecule has 1 heterocycles. The summed E-state index contributed by atoms with van der Waals surface area (Å²) in [5.41, 5.74) is -1.19. The number of alkyl halides is 3. The first-order valence-electron chi connectivity index (χ1n) is 6.26. The molecule has 0 aromatic carbocycles. The first-order chi connectivity index (χ1) is 9.08. The Morgan fingerprint density at radius 2 is 1.90 bits per heavy atom. The van der Waals surface area contributed by atoms with Crippen molar-refractivity contribution in [3.63, 3.8) is 0 Å². The van der Waals surface area contributed by atoms with E-state index in [0.29, 0.717) is 25.9 Å². The monoisotopic (exact) mass is 313 g/mol. The molecule has 1 N–H and O–H groups in total. The zero-order valence-corrected chi connectivity index (χ0v) is 12.0. The van der Waals surface area contributed by atoms with E-state index in [1.54, 1.807) is 0 Å². The van der Waals surface area contributed by atoms with Crippen molar-refractivity contribution in [1.29, 1.82) is 5.26 Å². The summed E-state index contributed by atoms with van der Waals surface area (Å²) in [6, 6.07) is 1.96. The third-order valence-corrected chi connectivity index (χ3v) is 4.81. The molecule has 0 amide bonds. The van der Waals surface area contributed by atoms with E-state index in [1.807, 2.05) is 18.0 Å². The highest BCUT2D eigenvalue weighted by Gasteiger charge is 2.37. The van der Waals surface area contributed by atoms with E-state index in [-0.39, 0.29) is 0 Å². The van der Waals surface area contributed by atoms with Gasteiger partial charge < -0.3 is 4.90 Å².